The highest BCUT2D eigenvalue weighted by Crippen LogP contribution is 2.60. The molecule has 2 N–H and O–H groups in total. The smallest absolute Gasteiger partial charge is 0.287 e. The Morgan fingerprint density at radius 3 is 2.55 bits per heavy atom. The highest BCUT2D eigenvalue weighted by molar-refractivity contribution is 6.30. The summed E-state index contributed by atoms with van der Waals surface area (Å²) < 4.78 is 24.4. The van der Waals surface area contributed by atoms with Crippen molar-refractivity contribution in [2.45, 2.75) is 37.3 Å². The van der Waals surface area contributed by atoms with Crippen LogP contribution in [0.5, 0.6) is 5.75 Å². The van der Waals surface area contributed by atoms with Gasteiger partial charge >= 0.3 is 0 Å². The minimum atomic E-state index is -0.621. The molecule has 0 saturated heterocycles. The molecule has 7 nitrogen and oxygen atoms in total. The maximum atomic E-state index is 13.5. The van der Waals surface area contributed by atoms with Crippen LogP contribution < -0.4 is 20.8 Å². The molecule has 33 heavy (non-hydrogen) atoms. The third-order valence-electron chi connectivity index (χ3n) is 6.18. The van der Waals surface area contributed by atoms with Crippen LogP contribution in [0.3, 0.4) is 0 Å². The predicted molar refractivity (Wildman–Crippen MR) is 119 cm³/mol. The summed E-state index contributed by atoms with van der Waals surface area (Å²) in [4.78, 5) is 37.3. The molecule has 0 aliphatic heterocycles. The Balaban J connectivity index is 1.16. The second kappa shape index (κ2) is 7.59. The van der Waals surface area contributed by atoms with Crippen molar-refractivity contribution in [3.8, 4) is 5.75 Å². The molecule has 2 amide bonds. The molecule has 170 valence electrons. The minimum Gasteiger partial charge on any atom is -0.484 e. The lowest BCUT2D eigenvalue weighted by atomic mass is 9.44. The third kappa shape index (κ3) is 3.95. The van der Waals surface area contributed by atoms with Crippen LogP contribution in [-0.2, 0) is 4.79 Å². The zero-order valence-electron chi connectivity index (χ0n) is 17.7. The Hall–Kier alpha value is -3.39. The molecule has 1 aromatic heterocycles. The lowest BCUT2D eigenvalue weighted by Gasteiger charge is -2.70. The number of nitrogens with one attached hydrogen (secondary N) is 2. The topological polar surface area (TPSA) is 97.6 Å². The number of fused-ring (bicyclic) bond motifs is 1. The van der Waals surface area contributed by atoms with Gasteiger partial charge in [-0.15, -0.1) is 0 Å². The fourth-order valence-corrected chi connectivity index (χ4v) is 4.89. The first-order valence-electron chi connectivity index (χ1n) is 10.4. The number of ether oxygens (including phenoxy) is 1. The minimum absolute atomic E-state index is 0.0221. The van der Waals surface area contributed by atoms with Crippen molar-refractivity contribution in [3.05, 3.63) is 74.9 Å². The second-order valence-corrected chi connectivity index (χ2v) is 9.34. The molecule has 3 saturated carbocycles. The number of rotatable bonds is 6. The van der Waals surface area contributed by atoms with Gasteiger partial charge in [-0.2, -0.15) is 0 Å². The zero-order chi connectivity index (χ0) is 23.4. The molecular formula is C24H20ClFN2O5. The van der Waals surface area contributed by atoms with Gasteiger partial charge in [0.05, 0.1) is 10.4 Å². The number of carbonyl (C=O) groups is 2. The fraction of sp³-hybridized carbons (Fsp3) is 0.292. The van der Waals surface area contributed by atoms with E-state index in [0.717, 1.165) is 11.6 Å². The van der Waals surface area contributed by atoms with Gasteiger partial charge in [0.15, 0.2) is 17.8 Å². The molecule has 6 rings (SSSR count). The van der Waals surface area contributed by atoms with E-state index in [1.54, 1.807) is 12.1 Å². The summed E-state index contributed by atoms with van der Waals surface area (Å²) >= 11 is 5.63. The van der Waals surface area contributed by atoms with Crippen molar-refractivity contribution in [2.24, 2.45) is 0 Å². The van der Waals surface area contributed by atoms with Crippen LogP contribution in [0.15, 0.2) is 51.7 Å². The van der Waals surface area contributed by atoms with E-state index in [-0.39, 0.29) is 40.0 Å². The van der Waals surface area contributed by atoms with Crippen LogP contribution >= 0.6 is 11.6 Å². The number of benzene rings is 2. The largest absolute Gasteiger partial charge is 0.484 e. The Morgan fingerprint density at radius 2 is 1.82 bits per heavy atom. The molecule has 2 bridgehead atoms. The number of halogens is 2. The van der Waals surface area contributed by atoms with Crippen molar-refractivity contribution in [1.29, 1.82) is 0 Å². The monoisotopic (exact) mass is 470 g/mol. The van der Waals surface area contributed by atoms with Crippen LogP contribution in [0.2, 0.25) is 5.02 Å². The Kier molecular flexibility index (Phi) is 4.93. The van der Waals surface area contributed by atoms with E-state index in [9.17, 15) is 18.8 Å². The van der Waals surface area contributed by atoms with E-state index in [1.807, 2.05) is 13.0 Å². The van der Waals surface area contributed by atoms with Crippen LogP contribution in [0, 0.1) is 12.7 Å². The van der Waals surface area contributed by atoms with Gasteiger partial charge in [0, 0.05) is 23.2 Å². The van der Waals surface area contributed by atoms with Gasteiger partial charge in [-0.05, 0) is 56.0 Å². The highest BCUT2D eigenvalue weighted by atomic mass is 35.5. The van der Waals surface area contributed by atoms with Crippen molar-refractivity contribution in [3.63, 3.8) is 0 Å². The molecule has 0 spiro atoms. The normalized spacial score (nSPS) is 22.8. The van der Waals surface area contributed by atoms with E-state index < -0.39 is 17.3 Å². The fourth-order valence-electron chi connectivity index (χ4n) is 4.78. The Bertz CT molecular complexity index is 1350. The molecule has 3 aliphatic rings. The van der Waals surface area contributed by atoms with Crippen molar-refractivity contribution in [2.75, 3.05) is 6.61 Å². The Morgan fingerprint density at radius 1 is 1.09 bits per heavy atom. The molecule has 0 radical (unpaired) electrons. The summed E-state index contributed by atoms with van der Waals surface area (Å²) in [5.74, 6) is -1.24. The zero-order valence-corrected chi connectivity index (χ0v) is 18.4. The van der Waals surface area contributed by atoms with E-state index in [4.69, 9.17) is 20.8 Å². The standard InChI is InChI=1S/C24H20ClFN2O5/c1-13-2-4-15-18(29)8-20(33-19(15)6-13)22(31)28-24-10-23(11-24,12-24)27-21(30)9-32-14-3-5-16(25)17(26)7-14/h2-8H,9-12H2,1H3,(H,27,30)(H,28,31). The van der Waals surface area contributed by atoms with E-state index in [2.05, 4.69) is 10.6 Å². The second-order valence-electron chi connectivity index (χ2n) is 8.93. The van der Waals surface area contributed by atoms with E-state index in [1.165, 1.54) is 18.2 Å². The molecule has 9 heteroatoms. The average molecular weight is 471 g/mol. The maximum Gasteiger partial charge on any atom is 0.287 e. The first kappa shape index (κ1) is 21.5. The van der Waals surface area contributed by atoms with Gasteiger partial charge in [-0.25, -0.2) is 4.39 Å². The average Bonchev–Trinajstić information content (AvgIpc) is 2.71. The number of carbonyl (C=O) groups excluding carboxylic acids is 2. The van der Waals surface area contributed by atoms with Crippen LogP contribution in [0.1, 0.15) is 35.4 Å². The quantitative estimate of drug-likeness (QED) is 0.574. The summed E-state index contributed by atoms with van der Waals surface area (Å²) in [6, 6.07) is 10.4. The molecule has 1 heterocycles. The van der Waals surface area contributed by atoms with Crippen LogP contribution in [0.25, 0.3) is 11.0 Å². The van der Waals surface area contributed by atoms with Crippen LogP contribution in [0.4, 0.5) is 4.39 Å². The molecule has 3 aliphatic carbocycles. The molecular weight excluding hydrogens is 451 g/mol. The molecule has 3 aromatic rings. The van der Waals surface area contributed by atoms with Crippen molar-refractivity contribution in [1.82, 2.24) is 10.6 Å². The summed E-state index contributed by atoms with van der Waals surface area (Å²) in [7, 11) is 0. The SMILES string of the molecule is Cc1ccc2c(=O)cc(C(=O)NC34CC(NC(=O)COc5ccc(Cl)c(F)c5)(C3)C4)oc2c1. The first-order chi connectivity index (χ1) is 15.7. The number of aryl methyl sites for hydroxylation is 1. The van der Waals surface area contributed by atoms with Gasteiger partial charge in [0.25, 0.3) is 11.8 Å². The Labute approximate surface area is 192 Å². The highest BCUT2D eigenvalue weighted by Gasteiger charge is 2.69. The lowest BCUT2D eigenvalue weighted by Crippen LogP contribution is -2.84. The first-order valence-corrected chi connectivity index (χ1v) is 10.8. The summed E-state index contributed by atoms with van der Waals surface area (Å²) in [5.41, 5.74) is 0.202. The number of hydrogen-bond donors (Lipinski definition) is 2. The van der Waals surface area contributed by atoms with Crippen molar-refractivity contribution < 1.29 is 23.1 Å². The lowest BCUT2D eigenvalue weighted by molar-refractivity contribution is -0.141. The van der Waals surface area contributed by atoms with Gasteiger partial charge in [-0.1, -0.05) is 17.7 Å². The molecule has 0 unspecified atom stereocenters. The summed E-state index contributed by atoms with van der Waals surface area (Å²) in [5, 5.41) is 6.27. The predicted octanol–water partition coefficient (Wildman–Crippen LogP) is 3.49. The van der Waals surface area contributed by atoms with Gasteiger partial charge in [-0.3, -0.25) is 14.4 Å². The van der Waals surface area contributed by atoms with E-state index >= 15 is 0 Å². The third-order valence-corrected chi connectivity index (χ3v) is 6.49. The molecule has 3 fully saturated rings. The van der Waals surface area contributed by atoms with Crippen LogP contribution in [-0.4, -0.2) is 29.5 Å². The number of hydrogen-bond acceptors (Lipinski definition) is 5. The molecule has 0 atom stereocenters. The summed E-state index contributed by atoms with van der Waals surface area (Å²) in [6.45, 7) is 1.62. The van der Waals surface area contributed by atoms with E-state index in [0.29, 0.717) is 30.2 Å². The van der Waals surface area contributed by atoms with Gasteiger partial charge in [0.1, 0.15) is 17.1 Å². The summed E-state index contributed by atoms with van der Waals surface area (Å²) in [6.07, 6.45) is 1.72. The molecule has 2 aromatic carbocycles. The number of amides is 2. The maximum absolute atomic E-state index is 13.5. The van der Waals surface area contributed by atoms with Gasteiger partial charge in [0.2, 0.25) is 0 Å². The van der Waals surface area contributed by atoms with Crippen molar-refractivity contribution >= 4 is 34.4 Å². The van der Waals surface area contributed by atoms with Gasteiger partial charge < -0.3 is 19.8 Å².